The lowest BCUT2D eigenvalue weighted by Gasteiger charge is -2.17. The van der Waals surface area contributed by atoms with Gasteiger partial charge in [-0.2, -0.15) is 0 Å². The van der Waals surface area contributed by atoms with Crippen molar-refractivity contribution in [1.29, 1.82) is 0 Å². The minimum atomic E-state index is -0.113. The summed E-state index contributed by atoms with van der Waals surface area (Å²) < 4.78 is 0. The van der Waals surface area contributed by atoms with Gasteiger partial charge in [-0.3, -0.25) is 4.79 Å². The molecule has 26 heavy (non-hydrogen) atoms. The first-order valence-corrected chi connectivity index (χ1v) is 9.11. The number of amides is 1. The second-order valence-corrected chi connectivity index (χ2v) is 7.07. The van der Waals surface area contributed by atoms with Crippen molar-refractivity contribution in [1.82, 2.24) is 10.6 Å². The van der Waals surface area contributed by atoms with Crippen molar-refractivity contribution >= 4 is 35.1 Å². The van der Waals surface area contributed by atoms with Gasteiger partial charge in [0.05, 0.1) is 12.6 Å². The fourth-order valence-electron chi connectivity index (χ4n) is 2.93. The van der Waals surface area contributed by atoms with E-state index in [4.69, 9.17) is 28.9 Å². The van der Waals surface area contributed by atoms with Crippen LogP contribution in [0.15, 0.2) is 41.4 Å². The van der Waals surface area contributed by atoms with Crippen molar-refractivity contribution in [2.24, 2.45) is 10.7 Å². The van der Waals surface area contributed by atoms with E-state index >= 15 is 0 Å². The SMILES string of the molecule is CC(NC(N)=NCc1ccc2c(c1)C(=O)NCC2)c1ccc(Cl)cc1Cl. The minimum Gasteiger partial charge on any atom is -0.370 e. The van der Waals surface area contributed by atoms with Gasteiger partial charge in [0.15, 0.2) is 5.96 Å². The fourth-order valence-corrected chi connectivity index (χ4v) is 3.50. The molecule has 0 fully saturated rings. The highest BCUT2D eigenvalue weighted by Crippen LogP contribution is 2.26. The largest absolute Gasteiger partial charge is 0.370 e. The molecule has 7 heteroatoms. The van der Waals surface area contributed by atoms with Crippen molar-refractivity contribution in [3.63, 3.8) is 0 Å². The van der Waals surface area contributed by atoms with Gasteiger partial charge in [0, 0.05) is 22.2 Å². The van der Waals surface area contributed by atoms with Gasteiger partial charge in [0.25, 0.3) is 5.91 Å². The molecule has 0 bridgehead atoms. The quantitative estimate of drug-likeness (QED) is 0.552. The monoisotopic (exact) mass is 390 g/mol. The van der Waals surface area contributed by atoms with Crippen LogP contribution in [-0.2, 0) is 13.0 Å². The van der Waals surface area contributed by atoms with Crippen molar-refractivity contribution in [3.05, 3.63) is 68.7 Å². The fraction of sp³-hybridized carbons (Fsp3) is 0.263. The maximum absolute atomic E-state index is 11.9. The van der Waals surface area contributed by atoms with Gasteiger partial charge >= 0.3 is 0 Å². The van der Waals surface area contributed by atoms with Crippen LogP contribution in [0.25, 0.3) is 0 Å². The van der Waals surface area contributed by atoms with Crippen LogP contribution in [-0.4, -0.2) is 18.4 Å². The molecule has 1 aliphatic heterocycles. The molecule has 5 nitrogen and oxygen atoms in total. The van der Waals surface area contributed by atoms with E-state index in [-0.39, 0.29) is 11.9 Å². The lowest BCUT2D eigenvalue weighted by atomic mass is 9.98. The normalized spacial score (nSPS) is 15.2. The first-order valence-electron chi connectivity index (χ1n) is 8.35. The zero-order chi connectivity index (χ0) is 18.7. The number of guanidine groups is 1. The number of nitrogens with zero attached hydrogens (tertiary/aromatic N) is 1. The second-order valence-electron chi connectivity index (χ2n) is 6.23. The van der Waals surface area contributed by atoms with E-state index in [0.29, 0.717) is 29.1 Å². The van der Waals surface area contributed by atoms with Crippen LogP contribution in [0.5, 0.6) is 0 Å². The Bertz CT molecular complexity index is 867. The zero-order valence-corrected chi connectivity index (χ0v) is 15.9. The van der Waals surface area contributed by atoms with Crippen molar-refractivity contribution in [2.45, 2.75) is 25.9 Å². The number of carbonyl (C=O) groups is 1. The Morgan fingerprint density at radius 1 is 1.31 bits per heavy atom. The first-order chi connectivity index (χ1) is 12.4. The standard InChI is InChI=1S/C19H20Cl2N4O/c1-11(15-5-4-14(20)9-17(15)21)25-19(22)24-10-12-2-3-13-6-7-23-18(26)16(13)8-12/h2-5,8-9,11H,6-7,10H2,1H3,(H,23,26)(H3,22,24,25). The molecule has 0 aliphatic carbocycles. The summed E-state index contributed by atoms with van der Waals surface area (Å²) in [5.74, 6) is 0.278. The Kier molecular flexibility index (Phi) is 5.69. The summed E-state index contributed by atoms with van der Waals surface area (Å²) >= 11 is 12.1. The highest BCUT2D eigenvalue weighted by Gasteiger charge is 2.16. The van der Waals surface area contributed by atoms with E-state index in [9.17, 15) is 4.79 Å². The van der Waals surface area contributed by atoms with Gasteiger partial charge in [-0.05, 0) is 48.2 Å². The Hall–Kier alpha value is -2.24. The summed E-state index contributed by atoms with van der Waals surface area (Å²) in [4.78, 5) is 16.3. The maximum atomic E-state index is 11.9. The minimum absolute atomic E-state index is 0.0332. The number of aliphatic imine (C=N–C) groups is 1. The third kappa shape index (κ3) is 4.29. The molecule has 2 aromatic carbocycles. The molecule has 4 N–H and O–H groups in total. The highest BCUT2D eigenvalue weighted by atomic mass is 35.5. The van der Waals surface area contributed by atoms with Crippen molar-refractivity contribution < 1.29 is 4.79 Å². The molecule has 1 unspecified atom stereocenters. The average Bonchev–Trinajstić information content (AvgIpc) is 2.60. The molecule has 2 aromatic rings. The molecule has 0 aromatic heterocycles. The van der Waals surface area contributed by atoms with E-state index < -0.39 is 0 Å². The van der Waals surface area contributed by atoms with Gasteiger partial charge < -0.3 is 16.4 Å². The molecular formula is C19H20Cl2N4O. The first kappa shape index (κ1) is 18.5. The van der Waals surface area contributed by atoms with Crippen LogP contribution in [0.4, 0.5) is 0 Å². The molecule has 0 saturated carbocycles. The molecule has 1 heterocycles. The summed E-state index contributed by atoms with van der Waals surface area (Å²) in [6, 6.07) is 11.1. The van der Waals surface area contributed by atoms with Crippen LogP contribution < -0.4 is 16.4 Å². The van der Waals surface area contributed by atoms with Gasteiger partial charge in [-0.15, -0.1) is 0 Å². The van der Waals surface area contributed by atoms with E-state index in [1.165, 1.54) is 0 Å². The number of hydrogen-bond acceptors (Lipinski definition) is 2. The molecule has 1 amide bonds. The molecule has 0 saturated heterocycles. The number of carbonyl (C=O) groups excluding carboxylic acids is 1. The van der Waals surface area contributed by atoms with Gasteiger partial charge in [0.2, 0.25) is 0 Å². The summed E-state index contributed by atoms with van der Waals surface area (Å²) in [5.41, 5.74) is 9.60. The van der Waals surface area contributed by atoms with Gasteiger partial charge in [-0.1, -0.05) is 41.4 Å². The Balaban J connectivity index is 1.67. The van der Waals surface area contributed by atoms with Crippen molar-refractivity contribution in [2.75, 3.05) is 6.54 Å². The van der Waals surface area contributed by atoms with E-state index in [0.717, 1.165) is 28.7 Å². The molecule has 1 atom stereocenters. The Morgan fingerprint density at radius 3 is 2.88 bits per heavy atom. The Labute approximate surface area is 162 Å². The summed E-state index contributed by atoms with van der Waals surface area (Å²) in [6.07, 6.45) is 0.855. The zero-order valence-electron chi connectivity index (χ0n) is 14.4. The molecule has 3 rings (SSSR count). The van der Waals surface area contributed by atoms with Crippen LogP contribution in [0.2, 0.25) is 10.0 Å². The molecule has 0 radical (unpaired) electrons. The summed E-state index contributed by atoms with van der Waals surface area (Å²) in [6.45, 7) is 3.02. The van der Waals surface area contributed by atoms with E-state index in [1.54, 1.807) is 12.1 Å². The van der Waals surface area contributed by atoms with Crippen molar-refractivity contribution in [3.8, 4) is 0 Å². The molecular weight excluding hydrogens is 371 g/mol. The van der Waals surface area contributed by atoms with E-state index in [1.807, 2.05) is 31.2 Å². The number of halogens is 2. The number of hydrogen-bond donors (Lipinski definition) is 3. The van der Waals surface area contributed by atoms with E-state index in [2.05, 4.69) is 15.6 Å². The van der Waals surface area contributed by atoms with Gasteiger partial charge in [0.1, 0.15) is 0 Å². The van der Waals surface area contributed by atoms with Crippen LogP contribution in [0.3, 0.4) is 0 Å². The molecule has 1 aliphatic rings. The number of nitrogens with one attached hydrogen (secondary N) is 2. The van der Waals surface area contributed by atoms with Gasteiger partial charge in [-0.25, -0.2) is 4.99 Å². The molecule has 136 valence electrons. The predicted octanol–water partition coefficient (Wildman–Crippen LogP) is 3.44. The lowest BCUT2D eigenvalue weighted by Crippen LogP contribution is -2.34. The summed E-state index contributed by atoms with van der Waals surface area (Å²) in [7, 11) is 0. The topological polar surface area (TPSA) is 79.5 Å². The highest BCUT2D eigenvalue weighted by molar-refractivity contribution is 6.35. The van der Waals surface area contributed by atoms with Crippen LogP contribution >= 0.6 is 23.2 Å². The third-order valence-electron chi connectivity index (χ3n) is 4.32. The lowest BCUT2D eigenvalue weighted by molar-refractivity contribution is 0.0946. The van der Waals surface area contributed by atoms with Crippen LogP contribution in [0, 0.1) is 0 Å². The number of benzene rings is 2. The number of rotatable bonds is 4. The smallest absolute Gasteiger partial charge is 0.251 e. The second kappa shape index (κ2) is 7.98. The maximum Gasteiger partial charge on any atom is 0.251 e. The number of nitrogens with two attached hydrogens (primary N) is 1. The summed E-state index contributed by atoms with van der Waals surface area (Å²) in [5, 5.41) is 7.13. The predicted molar refractivity (Wildman–Crippen MR) is 106 cm³/mol. The Morgan fingerprint density at radius 2 is 2.12 bits per heavy atom. The molecule has 0 spiro atoms. The van der Waals surface area contributed by atoms with Crippen LogP contribution in [0.1, 0.15) is 40.0 Å². The number of fused-ring (bicyclic) bond motifs is 1. The third-order valence-corrected chi connectivity index (χ3v) is 4.89. The average molecular weight is 391 g/mol.